The number of ether oxygens (including phenoxy) is 1. The maximum Gasteiger partial charge on any atom is 0.573 e. The molecule has 2 atom stereocenters. The Morgan fingerprint density at radius 2 is 1.97 bits per heavy atom. The van der Waals surface area contributed by atoms with Crippen LogP contribution in [0.4, 0.5) is 25.1 Å². The first kappa shape index (κ1) is 19.6. The number of allylic oxidation sites excluding steroid dienone is 2. The van der Waals surface area contributed by atoms with E-state index in [0.29, 0.717) is 29.9 Å². The first-order valence-corrected chi connectivity index (χ1v) is 10.3. The Hall–Kier alpha value is -3.34. The van der Waals surface area contributed by atoms with Gasteiger partial charge in [-0.05, 0) is 35.6 Å². The fraction of sp³-hybridized carbons (Fsp3) is 0.250. The number of hydrogen-bond acceptors (Lipinski definition) is 7. The van der Waals surface area contributed by atoms with Crippen molar-refractivity contribution in [2.75, 3.05) is 11.1 Å². The zero-order valence-corrected chi connectivity index (χ0v) is 16.7. The lowest BCUT2D eigenvalue weighted by atomic mass is 9.80. The number of nitrogen functional groups attached to an aromatic ring is 1. The van der Waals surface area contributed by atoms with Crippen molar-refractivity contribution in [2.24, 2.45) is 0 Å². The van der Waals surface area contributed by atoms with Crippen molar-refractivity contribution in [1.29, 1.82) is 0 Å². The van der Waals surface area contributed by atoms with Crippen molar-refractivity contribution in [3.05, 3.63) is 63.5 Å². The number of hydrogen-bond donors (Lipinski definition) is 2. The molecule has 31 heavy (non-hydrogen) atoms. The van der Waals surface area contributed by atoms with E-state index in [2.05, 4.69) is 20.1 Å². The van der Waals surface area contributed by atoms with Gasteiger partial charge >= 0.3 is 6.36 Å². The van der Waals surface area contributed by atoms with Gasteiger partial charge in [-0.3, -0.25) is 4.79 Å². The van der Waals surface area contributed by atoms with Gasteiger partial charge in [-0.15, -0.1) is 29.6 Å². The molecular weight excluding hydrogens is 431 g/mol. The molecule has 0 fully saturated rings. The second-order valence-electron chi connectivity index (χ2n) is 7.32. The van der Waals surface area contributed by atoms with Crippen molar-refractivity contribution < 1.29 is 22.7 Å². The standard InChI is InChI=1S/C20H16F3N5O2S/c21-20(22,23)30-12-5-3-10(4-6-12)17-16-13(25-19-26-18(24)27-28(17)19)8-11(9-14(16)29)15-2-1-7-31-15/h1-7,11,17H,8-9H2,(H3,24,25,26,27)/t11-,17+/m1/s1. The number of nitrogens with one attached hydrogen (secondary N) is 1. The Bertz CT molecular complexity index is 1170. The molecule has 3 aromatic rings. The smallest absolute Gasteiger partial charge is 0.406 e. The van der Waals surface area contributed by atoms with Crippen molar-refractivity contribution in [2.45, 2.75) is 31.2 Å². The number of rotatable bonds is 3. The van der Waals surface area contributed by atoms with Crippen molar-refractivity contribution >= 4 is 29.0 Å². The summed E-state index contributed by atoms with van der Waals surface area (Å²) >= 11 is 1.60. The van der Waals surface area contributed by atoms with Crippen LogP contribution in [-0.4, -0.2) is 26.9 Å². The van der Waals surface area contributed by atoms with E-state index in [1.165, 1.54) is 28.9 Å². The average Bonchev–Trinajstić information content (AvgIpc) is 3.34. The summed E-state index contributed by atoms with van der Waals surface area (Å²) in [7, 11) is 0. The number of halogens is 3. The molecule has 11 heteroatoms. The van der Waals surface area contributed by atoms with E-state index in [4.69, 9.17) is 5.73 Å². The monoisotopic (exact) mass is 447 g/mol. The molecule has 7 nitrogen and oxygen atoms in total. The molecule has 3 N–H and O–H groups in total. The fourth-order valence-corrected chi connectivity index (χ4v) is 4.94. The molecule has 5 rings (SSSR count). The van der Waals surface area contributed by atoms with Crippen LogP contribution >= 0.6 is 11.3 Å². The maximum absolute atomic E-state index is 13.2. The number of nitrogens with zero attached hydrogens (tertiary/aromatic N) is 3. The van der Waals surface area contributed by atoms with Crippen LogP contribution in [0.2, 0.25) is 0 Å². The molecule has 1 aliphatic heterocycles. The van der Waals surface area contributed by atoms with E-state index < -0.39 is 12.4 Å². The lowest BCUT2D eigenvalue weighted by Gasteiger charge is -2.34. The predicted molar refractivity (Wildman–Crippen MR) is 108 cm³/mol. The zero-order valence-electron chi connectivity index (χ0n) is 15.9. The summed E-state index contributed by atoms with van der Waals surface area (Å²) in [6.07, 6.45) is -3.83. The molecule has 1 aliphatic carbocycles. The highest BCUT2D eigenvalue weighted by molar-refractivity contribution is 7.10. The van der Waals surface area contributed by atoms with E-state index in [1.54, 1.807) is 11.3 Å². The molecule has 1 aromatic carbocycles. The molecule has 0 unspecified atom stereocenters. The number of benzene rings is 1. The fourth-order valence-electron chi connectivity index (χ4n) is 4.11. The van der Waals surface area contributed by atoms with E-state index in [-0.39, 0.29) is 23.4 Å². The van der Waals surface area contributed by atoms with Crippen LogP contribution in [0.15, 0.2) is 53.0 Å². The highest BCUT2D eigenvalue weighted by Crippen LogP contribution is 2.45. The number of aromatic nitrogens is 3. The lowest BCUT2D eigenvalue weighted by molar-refractivity contribution is -0.274. The summed E-state index contributed by atoms with van der Waals surface area (Å²) < 4.78 is 43.0. The van der Waals surface area contributed by atoms with Gasteiger partial charge in [0.2, 0.25) is 11.9 Å². The number of anilines is 2. The second kappa shape index (κ2) is 7.12. The number of carbonyl (C=O) groups excluding carboxylic acids is 1. The Balaban J connectivity index is 1.55. The van der Waals surface area contributed by atoms with Gasteiger partial charge < -0.3 is 15.8 Å². The lowest BCUT2D eigenvalue weighted by Crippen LogP contribution is -2.33. The van der Waals surface area contributed by atoms with E-state index >= 15 is 0 Å². The number of Topliss-reactive ketones (excluding diaryl/α,β-unsaturated/α-hetero) is 1. The van der Waals surface area contributed by atoms with Crippen LogP contribution in [0.5, 0.6) is 5.75 Å². The minimum Gasteiger partial charge on any atom is -0.406 e. The molecule has 2 aromatic heterocycles. The van der Waals surface area contributed by atoms with Crippen LogP contribution < -0.4 is 15.8 Å². The van der Waals surface area contributed by atoms with Gasteiger partial charge in [0, 0.05) is 28.5 Å². The Labute approximate surface area is 178 Å². The summed E-state index contributed by atoms with van der Waals surface area (Å²) in [5.74, 6) is 0.0786. The molecule has 0 saturated carbocycles. The summed E-state index contributed by atoms with van der Waals surface area (Å²) in [6, 6.07) is 8.72. The zero-order chi connectivity index (χ0) is 21.8. The first-order chi connectivity index (χ1) is 14.8. The third kappa shape index (κ3) is 3.65. The van der Waals surface area contributed by atoms with Gasteiger partial charge in [-0.2, -0.15) is 4.98 Å². The van der Waals surface area contributed by atoms with E-state index in [1.807, 2.05) is 17.5 Å². The molecule has 0 radical (unpaired) electrons. The third-order valence-electron chi connectivity index (χ3n) is 5.31. The average molecular weight is 447 g/mol. The quantitative estimate of drug-likeness (QED) is 0.624. The molecule has 0 spiro atoms. The summed E-state index contributed by atoms with van der Waals surface area (Å²) in [5, 5.41) is 9.37. The van der Waals surface area contributed by atoms with Crippen LogP contribution in [0.25, 0.3) is 0 Å². The minimum absolute atomic E-state index is 0.0339. The second-order valence-corrected chi connectivity index (χ2v) is 8.30. The number of nitrogens with two attached hydrogens (primary N) is 1. The number of alkyl halides is 3. The summed E-state index contributed by atoms with van der Waals surface area (Å²) in [5.41, 5.74) is 7.63. The molecule has 0 bridgehead atoms. The largest absolute Gasteiger partial charge is 0.573 e. The molecule has 0 amide bonds. The summed E-state index contributed by atoms with van der Waals surface area (Å²) in [6.45, 7) is 0. The van der Waals surface area contributed by atoms with E-state index in [0.717, 1.165) is 10.6 Å². The number of fused-ring (bicyclic) bond motifs is 1. The number of carbonyl (C=O) groups is 1. The minimum atomic E-state index is -4.78. The molecule has 160 valence electrons. The predicted octanol–water partition coefficient (Wildman–Crippen LogP) is 4.24. The topological polar surface area (TPSA) is 95.1 Å². The Morgan fingerprint density at radius 3 is 2.65 bits per heavy atom. The van der Waals surface area contributed by atoms with Crippen LogP contribution in [0.1, 0.15) is 35.2 Å². The van der Waals surface area contributed by atoms with Crippen LogP contribution in [0, 0.1) is 0 Å². The van der Waals surface area contributed by atoms with Gasteiger partial charge in [0.1, 0.15) is 11.8 Å². The molecule has 3 heterocycles. The molecule has 2 aliphatic rings. The van der Waals surface area contributed by atoms with E-state index in [9.17, 15) is 18.0 Å². The van der Waals surface area contributed by atoms with Crippen molar-refractivity contribution in [1.82, 2.24) is 14.8 Å². The SMILES string of the molecule is Nc1nc2n(n1)[C@@H](c1ccc(OC(F)(F)F)cc1)C1=C(C[C@@H](c3cccs3)CC1=O)N2. The Morgan fingerprint density at radius 1 is 1.19 bits per heavy atom. The van der Waals surface area contributed by atoms with Gasteiger partial charge in [0.05, 0.1) is 0 Å². The van der Waals surface area contributed by atoms with Gasteiger partial charge in [0.25, 0.3) is 0 Å². The number of thiophene rings is 1. The maximum atomic E-state index is 13.2. The highest BCUT2D eigenvalue weighted by Gasteiger charge is 2.40. The normalized spacial score (nSPS) is 20.8. The highest BCUT2D eigenvalue weighted by atomic mass is 32.1. The number of ketones is 1. The molecule has 0 saturated heterocycles. The third-order valence-corrected chi connectivity index (χ3v) is 6.35. The molecular formula is C20H16F3N5O2S. The van der Waals surface area contributed by atoms with Crippen molar-refractivity contribution in [3.8, 4) is 5.75 Å². The van der Waals surface area contributed by atoms with Crippen LogP contribution in [0.3, 0.4) is 0 Å². The van der Waals surface area contributed by atoms with Gasteiger partial charge in [-0.1, -0.05) is 18.2 Å². The Kier molecular flexibility index (Phi) is 4.50. The van der Waals surface area contributed by atoms with Crippen molar-refractivity contribution in [3.63, 3.8) is 0 Å². The van der Waals surface area contributed by atoms with Crippen LogP contribution in [-0.2, 0) is 4.79 Å². The van der Waals surface area contributed by atoms with Gasteiger partial charge in [0.15, 0.2) is 5.78 Å². The van der Waals surface area contributed by atoms with Gasteiger partial charge in [-0.25, -0.2) is 4.68 Å². The summed E-state index contributed by atoms with van der Waals surface area (Å²) in [4.78, 5) is 18.6. The first-order valence-electron chi connectivity index (χ1n) is 9.43.